The van der Waals surface area contributed by atoms with Crippen LogP contribution in [0.2, 0.25) is 0 Å². The smallest absolute Gasteiger partial charge is 0.194 e. The minimum atomic E-state index is 0.265. The molecule has 0 N–H and O–H groups in total. The van der Waals surface area contributed by atoms with E-state index in [4.69, 9.17) is 0 Å². The molecule has 2 aromatic carbocycles. The number of nitrogens with zero attached hydrogens (tertiary/aromatic N) is 1. The zero-order valence-electron chi connectivity index (χ0n) is 15.8. The van der Waals surface area contributed by atoms with Crippen molar-refractivity contribution < 1.29 is 4.57 Å². The van der Waals surface area contributed by atoms with Crippen molar-refractivity contribution in [3.05, 3.63) is 65.2 Å². The van der Waals surface area contributed by atoms with E-state index in [2.05, 4.69) is 94.8 Å². The minimum absolute atomic E-state index is 0.265. The molecule has 0 atom stereocenters. The summed E-state index contributed by atoms with van der Waals surface area (Å²) in [5.74, 6) is 0. The van der Waals surface area contributed by atoms with Crippen LogP contribution in [0.1, 0.15) is 37.5 Å². The number of benzene rings is 2. The second-order valence-electron chi connectivity index (χ2n) is 8.19. The van der Waals surface area contributed by atoms with Gasteiger partial charge in [-0.2, -0.15) is 4.57 Å². The van der Waals surface area contributed by atoms with Crippen molar-refractivity contribution >= 4 is 10.9 Å². The van der Waals surface area contributed by atoms with Crippen LogP contribution >= 0.6 is 0 Å². The largest absolute Gasteiger partial charge is 0.213 e. The molecule has 0 spiro atoms. The maximum Gasteiger partial charge on any atom is 0.213 e. The van der Waals surface area contributed by atoms with Crippen LogP contribution in [0.4, 0.5) is 0 Å². The second kappa shape index (κ2) is 6.05. The monoisotopic (exact) mass is 318 g/mol. The van der Waals surface area contributed by atoms with Crippen LogP contribution in [0, 0.1) is 19.3 Å². The Balaban J connectivity index is 2.33. The van der Waals surface area contributed by atoms with E-state index < -0.39 is 0 Å². The zero-order valence-corrected chi connectivity index (χ0v) is 15.8. The molecule has 1 aromatic heterocycles. The standard InChI is InChI=1S/C23H28N/c1-16-11-12-17(2)20(13-16)22-14-18(15-23(3,4)5)19-9-7-8-10-21(19)24(22)6/h7-14H,15H2,1-6H3/q+1. The molecule has 3 aromatic rings. The van der Waals surface area contributed by atoms with E-state index >= 15 is 0 Å². The van der Waals surface area contributed by atoms with Crippen molar-refractivity contribution in [1.29, 1.82) is 0 Å². The molecule has 0 radical (unpaired) electrons. The minimum Gasteiger partial charge on any atom is -0.194 e. The number of aryl methyl sites for hydroxylation is 3. The molecule has 0 bridgehead atoms. The second-order valence-corrected chi connectivity index (χ2v) is 8.19. The van der Waals surface area contributed by atoms with Crippen LogP contribution < -0.4 is 4.57 Å². The van der Waals surface area contributed by atoms with Gasteiger partial charge in [0.05, 0.1) is 0 Å². The van der Waals surface area contributed by atoms with E-state index in [0.29, 0.717) is 0 Å². The molecule has 0 amide bonds. The molecule has 0 aliphatic rings. The van der Waals surface area contributed by atoms with Crippen LogP contribution in [0.3, 0.4) is 0 Å². The van der Waals surface area contributed by atoms with Gasteiger partial charge in [0.15, 0.2) is 0 Å². The third kappa shape index (κ3) is 3.21. The quantitative estimate of drug-likeness (QED) is 0.546. The van der Waals surface area contributed by atoms with Crippen LogP contribution in [0.25, 0.3) is 22.2 Å². The van der Waals surface area contributed by atoms with Gasteiger partial charge in [0.1, 0.15) is 7.05 Å². The molecular formula is C23H28N+. The predicted molar refractivity (Wildman–Crippen MR) is 103 cm³/mol. The first-order valence-electron chi connectivity index (χ1n) is 8.74. The lowest BCUT2D eigenvalue weighted by Gasteiger charge is -2.20. The lowest BCUT2D eigenvalue weighted by Crippen LogP contribution is -2.33. The Morgan fingerprint density at radius 1 is 0.917 bits per heavy atom. The molecule has 0 unspecified atom stereocenters. The van der Waals surface area contributed by atoms with E-state index in [9.17, 15) is 0 Å². The summed E-state index contributed by atoms with van der Waals surface area (Å²) in [4.78, 5) is 0. The molecule has 0 aliphatic heterocycles. The average Bonchev–Trinajstić information content (AvgIpc) is 2.51. The predicted octanol–water partition coefficient (Wildman–Crippen LogP) is 5.54. The van der Waals surface area contributed by atoms with Gasteiger partial charge in [-0.05, 0) is 48.9 Å². The Morgan fingerprint density at radius 3 is 2.33 bits per heavy atom. The summed E-state index contributed by atoms with van der Waals surface area (Å²) in [6.45, 7) is 11.3. The van der Waals surface area contributed by atoms with Crippen molar-refractivity contribution in [2.45, 2.75) is 41.0 Å². The third-order valence-electron chi connectivity index (χ3n) is 4.67. The van der Waals surface area contributed by atoms with Gasteiger partial charge in [-0.15, -0.1) is 0 Å². The van der Waals surface area contributed by atoms with Gasteiger partial charge in [0.2, 0.25) is 11.2 Å². The molecule has 24 heavy (non-hydrogen) atoms. The van der Waals surface area contributed by atoms with Crippen molar-refractivity contribution in [3.63, 3.8) is 0 Å². The number of hydrogen-bond acceptors (Lipinski definition) is 0. The van der Waals surface area contributed by atoms with Gasteiger partial charge >= 0.3 is 0 Å². The normalized spacial score (nSPS) is 11.9. The number of pyridine rings is 1. The van der Waals surface area contributed by atoms with Gasteiger partial charge in [-0.3, -0.25) is 0 Å². The van der Waals surface area contributed by atoms with Crippen LogP contribution in [-0.4, -0.2) is 0 Å². The first-order valence-corrected chi connectivity index (χ1v) is 8.74. The maximum absolute atomic E-state index is 2.40. The first kappa shape index (κ1) is 16.7. The summed E-state index contributed by atoms with van der Waals surface area (Å²) in [5.41, 5.74) is 8.27. The van der Waals surface area contributed by atoms with Crippen molar-refractivity contribution in [1.82, 2.24) is 0 Å². The van der Waals surface area contributed by atoms with Gasteiger partial charge in [0, 0.05) is 23.1 Å². The Kier molecular flexibility index (Phi) is 4.21. The van der Waals surface area contributed by atoms with Crippen molar-refractivity contribution in [2.24, 2.45) is 12.5 Å². The highest BCUT2D eigenvalue weighted by Gasteiger charge is 2.22. The van der Waals surface area contributed by atoms with E-state index in [0.717, 1.165) is 6.42 Å². The molecule has 0 aliphatic carbocycles. The van der Waals surface area contributed by atoms with Gasteiger partial charge in [-0.25, -0.2) is 0 Å². The number of fused-ring (bicyclic) bond motifs is 1. The molecule has 1 nitrogen and oxygen atoms in total. The molecule has 1 heterocycles. The van der Waals surface area contributed by atoms with Crippen LogP contribution in [0.5, 0.6) is 0 Å². The van der Waals surface area contributed by atoms with Gasteiger partial charge in [-0.1, -0.05) is 50.6 Å². The fourth-order valence-electron chi connectivity index (χ4n) is 3.49. The van der Waals surface area contributed by atoms with E-state index in [1.165, 1.54) is 38.9 Å². The highest BCUT2D eigenvalue weighted by Crippen LogP contribution is 2.30. The Morgan fingerprint density at radius 2 is 1.62 bits per heavy atom. The lowest BCUT2D eigenvalue weighted by atomic mass is 9.86. The molecule has 0 fully saturated rings. The molecule has 1 heteroatoms. The van der Waals surface area contributed by atoms with Gasteiger partial charge in [0.25, 0.3) is 0 Å². The summed E-state index contributed by atoms with van der Waals surface area (Å²) >= 11 is 0. The molecule has 3 rings (SSSR count). The summed E-state index contributed by atoms with van der Waals surface area (Å²) in [6, 6.07) is 17.9. The highest BCUT2D eigenvalue weighted by atomic mass is 14.9. The maximum atomic E-state index is 2.40. The zero-order chi connectivity index (χ0) is 17.5. The summed E-state index contributed by atoms with van der Waals surface area (Å²) in [6.07, 6.45) is 1.08. The highest BCUT2D eigenvalue weighted by molar-refractivity contribution is 5.82. The number of rotatable bonds is 2. The summed E-state index contributed by atoms with van der Waals surface area (Å²) < 4.78 is 2.34. The topological polar surface area (TPSA) is 3.88 Å². The fourth-order valence-corrected chi connectivity index (χ4v) is 3.49. The number of hydrogen-bond donors (Lipinski definition) is 0. The Hall–Kier alpha value is -2.15. The lowest BCUT2D eigenvalue weighted by molar-refractivity contribution is -0.633. The number of aromatic nitrogens is 1. The molecule has 0 saturated heterocycles. The fraction of sp³-hybridized carbons (Fsp3) is 0.348. The van der Waals surface area contributed by atoms with E-state index in [1.54, 1.807) is 0 Å². The van der Waals surface area contributed by atoms with E-state index in [1.807, 2.05) is 0 Å². The third-order valence-corrected chi connectivity index (χ3v) is 4.67. The summed E-state index contributed by atoms with van der Waals surface area (Å²) in [5, 5.41) is 1.36. The molecule has 124 valence electrons. The van der Waals surface area contributed by atoms with Crippen LogP contribution in [0.15, 0.2) is 48.5 Å². The van der Waals surface area contributed by atoms with E-state index in [-0.39, 0.29) is 5.41 Å². The Labute approximate surface area is 146 Å². The number of para-hydroxylation sites is 1. The van der Waals surface area contributed by atoms with Crippen molar-refractivity contribution in [2.75, 3.05) is 0 Å². The van der Waals surface area contributed by atoms with Gasteiger partial charge < -0.3 is 0 Å². The van der Waals surface area contributed by atoms with Crippen LogP contribution in [-0.2, 0) is 13.5 Å². The average molecular weight is 318 g/mol. The molecular weight excluding hydrogens is 290 g/mol. The molecule has 0 saturated carbocycles. The Bertz CT molecular complexity index is 898. The first-order chi connectivity index (χ1) is 11.3. The SMILES string of the molecule is Cc1ccc(C)c(-c2cc(CC(C)(C)C)c3ccccc3[n+]2C)c1. The van der Waals surface area contributed by atoms with Crippen molar-refractivity contribution in [3.8, 4) is 11.3 Å². The summed E-state index contributed by atoms with van der Waals surface area (Å²) in [7, 11) is 2.18.